The molecule has 0 saturated heterocycles. The second kappa shape index (κ2) is 9.13. The van der Waals surface area contributed by atoms with E-state index in [4.69, 9.17) is 5.73 Å². The molecular formula is C16H25N3O2. The van der Waals surface area contributed by atoms with Crippen LogP contribution in [0, 0.1) is 5.92 Å². The van der Waals surface area contributed by atoms with Gasteiger partial charge in [0.15, 0.2) is 0 Å². The van der Waals surface area contributed by atoms with Crippen molar-refractivity contribution in [3.63, 3.8) is 0 Å². The monoisotopic (exact) mass is 291 g/mol. The number of nitrogens with two attached hydrogens (primary N) is 1. The topological polar surface area (TPSA) is 84.2 Å². The first-order valence-corrected chi connectivity index (χ1v) is 7.31. The highest BCUT2D eigenvalue weighted by molar-refractivity contribution is 5.85. The highest BCUT2D eigenvalue weighted by Crippen LogP contribution is 2.03. The number of benzene rings is 1. The van der Waals surface area contributed by atoms with Gasteiger partial charge in [0.05, 0.1) is 13.0 Å². The molecule has 5 heteroatoms. The van der Waals surface area contributed by atoms with E-state index >= 15 is 0 Å². The highest BCUT2D eigenvalue weighted by Gasteiger charge is 2.13. The van der Waals surface area contributed by atoms with E-state index in [9.17, 15) is 9.59 Å². The quantitative estimate of drug-likeness (QED) is 0.663. The lowest BCUT2D eigenvalue weighted by Crippen LogP contribution is -2.45. The first-order valence-electron chi connectivity index (χ1n) is 7.31. The fourth-order valence-electron chi connectivity index (χ4n) is 2.08. The van der Waals surface area contributed by atoms with Crippen LogP contribution in [0.1, 0.15) is 25.8 Å². The minimum absolute atomic E-state index is 0.0136. The van der Waals surface area contributed by atoms with Crippen molar-refractivity contribution >= 4 is 11.8 Å². The zero-order valence-electron chi connectivity index (χ0n) is 12.8. The summed E-state index contributed by atoms with van der Waals surface area (Å²) < 4.78 is 0. The van der Waals surface area contributed by atoms with Gasteiger partial charge in [-0.1, -0.05) is 44.2 Å². The molecule has 1 atom stereocenters. The number of hydrogen-bond acceptors (Lipinski definition) is 3. The molecule has 116 valence electrons. The number of carbonyl (C=O) groups excluding carboxylic acids is 2. The third-order valence-corrected chi connectivity index (χ3v) is 3.06. The van der Waals surface area contributed by atoms with Crippen LogP contribution >= 0.6 is 0 Å². The van der Waals surface area contributed by atoms with Crippen molar-refractivity contribution in [3.05, 3.63) is 35.9 Å². The van der Waals surface area contributed by atoms with Crippen molar-refractivity contribution in [1.82, 2.24) is 10.6 Å². The Kier molecular flexibility index (Phi) is 7.46. The molecule has 1 aromatic rings. The van der Waals surface area contributed by atoms with Gasteiger partial charge in [0.25, 0.3) is 0 Å². The Morgan fingerprint density at radius 2 is 1.81 bits per heavy atom. The van der Waals surface area contributed by atoms with Crippen LogP contribution in [0.2, 0.25) is 0 Å². The molecule has 4 N–H and O–H groups in total. The van der Waals surface area contributed by atoms with Gasteiger partial charge in [-0.3, -0.25) is 9.59 Å². The van der Waals surface area contributed by atoms with Crippen LogP contribution in [0.5, 0.6) is 0 Å². The Balaban J connectivity index is 2.30. The van der Waals surface area contributed by atoms with Gasteiger partial charge >= 0.3 is 0 Å². The van der Waals surface area contributed by atoms with Crippen molar-refractivity contribution in [2.24, 2.45) is 11.7 Å². The molecule has 5 nitrogen and oxygen atoms in total. The average molecular weight is 291 g/mol. The lowest BCUT2D eigenvalue weighted by Gasteiger charge is -2.18. The molecule has 0 radical (unpaired) electrons. The van der Waals surface area contributed by atoms with Gasteiger partial charge in [-0.15, -0.1) is 0 Å². The smallest absolute Gasteiger partial charge is 0.239 e. The lowest BCUT2D eigenvalue weighted by molar-refractivity contribution is -0.126. The number of nitrogens with one attached hydrogen (secondary N) is 2. The van der Waals surface area contributed by atoms with Crippen molar-refractivity contribution in [3.8, 4) is 0 Å². The van der Waals surface area contributed by atoms with E-state index in [0.29, 0.717) is 12.5 Å². The Hall–Kier alpha value is -1.88. The summed E-state index contributed by atoms with van der Waals surface area (Å²) in [5, 5.41) is 5.46. The Labute approximate surface area is 126 Å². The third-order valence-electron chi connectivity index (χ3n) is 3.06. The zero-order valence-corrected chi connectivity index (χ0v) is 12.8. The first-order chi connectivity index (χ1) is 10.0. The van der Waals surface area contributed by atoms with Crippen molar-refractivity contribution in [2.75, 3.05) is 13.1 Å². The standard InChI is InChI=1S/C16H25N3O2/c1-12(2)8-14(10-17)19-16(21)11-18-15(20)9-13-6-4-3-5-7-13/h3-7,12,14H,8-11,17H2,1-2H3,(H,18,20)(H,19,21). The van der Waals surface area contributed by atoms with E-state index in [1.54, 1.807) is 0 Å². The molecule has 0 aromatic heterocycles. The molecule has 1 unspecified atom stereocenters. The van der Waals surface area contributed by atoms with Gasteiger partial charge in [-0.25, -0.2) is 0 Å². The number of hydrogen-bond donors (Lipinski definition) is 3. The van der Waals surface area contributed by atoms with Crippen molar-refractivity contribution < 1.29 is 9.59 Å². The van der Waals surface area contributed by atoms with Crippen LogP contribution in [-0.4, -0.2) is 30.9 Å². The lowest BCUT2D eigenvalue weighted by atomic mass is 10.0. The maximum absolute atomic E-state index is 11.8. The number of amides is 2. The first kappa shape index (κ1) is 17.2. The molecule has 0 aliphatic rings. The minimum Gasteiger partial charge on any atom is -0.351 e. The molecule has 0 aliphatic heterocycles. The van der Waals surface area contributed by atoms with E-state index in [0.717, 1.165) is 12.0 Å². The summed E-state index contributed by atoms with van der Waals surface area (Å²) in [4.78, 5) is 23.5. The zero-order chi connectivity index (χ0) is 15.7. The predicted octanol–water partition coefficient (Wildman–Crippen LogP) is 0.835. The van der Waals surface area contributed by atoms with E-state index in [1.807, 2.05) is 30.3 Å². The van der Waals surface area contributed by atoms with Crippen LogP contribution in [0.3, 0.4) is 0 Å². The summed E-state index contributed by atoms with van der Waals surface area (Å²) in [6.07, 6.45) is 1.11. The average Bonchev–Trinajstić information content (AvgIpc) is 2.45. The summed E-state index contributed by atoms with van der Waals surface area (Å²) >= 11 is 0. The Morgan fingerprint density at radius 1 is 1.14 bits per heavy atom. The van der Waals surface area contributed by atoms with Crippen LogP contribution < -0.4 is 16.4 Å². The summed E-state index contributed by atoms with van der Waals surface area (Å²) in [7, 11) is 0. The maximum Gasteiger partial charge on any atom is 0.239 e. The molecule has 21 heavy (non-hydrogen) atoms. The molecule has 0 fully saturated rings. The van der Waals surface area contributed by atoms with E-state index in [1.165, 1.54) is 0 Å². The predicted molar refractivity (Wildman–Crippen MR) is 83.6 cm³/mol. The van der Waals surface area contributed by atoms with Crippen LogP contribution in [0.15, 0.2) is 30.3 Å². The summed E-state index contributed by atoms with van der Waals surface area (Å²) in [5.74, 6) is 0.101. The van der Waals surface area contributed by atoms with Gasteiger partial charge < -0.3 is 16.4 Å². The van der Waals surface area contributed by atoms with Crippen molar-refractivity contribution in [2.45, 2.75) is 32.7 Å². The van der Waals surface area contributed by atoms with Gasteiger partial charge in [0.2, 0.25) is 11.8 Å². The second-order valence-corrected chi connectivity index (χ2v) is 5.57. The van der Waals surface area contributed by atoms with E-state index in [2.05, 4.69) is 24.5 Å². The summed E-state index contributed by atoms with van der Waals surface area (Å²) in [6.45, 7) is 4.55. The second-order valence-electron chi connectivity index (χ2n) is 5.57. The molecule has 0 spiro atoms. The third kappa shape index (κ3) is 7.46. The molecule has 1 aromatic carbocycles. The van der Waals surface area contributed by atoms with Gasteiger partial charge in [-0.05, 0) is 17.9 Å². The maximum atomic E-state index is 11.8. The van der Waals surface area contributed by atoms with E-state index in [-0.39, 0.29) is 30.8 Å². The number of rotatable bonds is 8. The fraction of sp³-hybridized carbons (Fsp3) is 0.500. The number of carbonyl (C=O) groups is 2. The molecule has 0 aliphatic carbocycles. The molecule has 0 bridgehead atoms. The van der Waals surface area contributed by atoms with Gasteiger partial charge in [0.1, 0.15) is 0 Å². The van der Waals surface area contributed by atoms with Gasteiger partial charge in [0, 0.05) is 12.6 Å². The molecule has 0 heterocycles. The van der Waals surface area contributed by atoms with Crippen molar-refractivity contribution in [1.29, 1.82) is 0 Å². The molecular weight excluding hydrogens is 266 g/mol. The fourth-order valence-corrected chi connectivity index (χ4v) is 2.08. The summed E-state index contributed by atoms with van der Waals surface area (Å²) in [5.41, 5.74) is 6.55. The minimum atomic E-state index is -0.201. The van der Waals surface area contributed by atoms with Crippen LogP contribution in [-0.2, 0) is 16.0 Å². The molecule has 1 rings (SSSR count). The normalized spacial score (nSPS) is 12.0. The highest BCUT2D eigenvalue weighted by atomic mass is 16.2. The largest absolute Gasteiger partial charge is 0.351 e. The molecule has 2 amide bonds. The Bertz CT molecular complexity index is 446. The molecule has 0 saturated carbocycles. The van der Waals surface area contributed by atoms with E-state index < -0.39 is 0 Å². The Morgan fingerprint density at radius 3 is 2.38 bits per heavy atom. The summed E-state index contributed by atoms with van der Waals surface area (Å²) in [6, 6.07) is 9.39. The SMILES string of the molecule is CC(C)CC(CN)NC(=O)CNC(=O)Cc1ccccc1. The van der Waals surface area contributed by atoms with Crippen LogP contribution in [0.4, 0.5) is 0 Å². The van der Waals surface area contributed by atoms with Gasteiger partial charge in [-0.2, -0.15) is 0 Å². The van der Waals surface area contributed by atoms with Crippen LogP contribution in [0.25, 0.3) is 0 Å².